The van der Waals surface area contributed by atoms with Gasteiger partial charge in [0.2, 0.25) is 0 Å². The van der Waals surface area contributed by atoms with Crippen molar-refractivity contribution in [3.05, 3.63) is 90.3 Å². The second-order valence-corrected chi connectivity index (χ2v) is 6.86. The highest BCUT2D eigenvalue weighted by atomic mass is 32.2. The van der Waals surface area contributed by atoms with Gasteiger partial charge >= 0.3 is 0 Å². The van der Waals surface area contributed by atoms with Crippen LogP contribution in [0.4, 0.5) is 10.1 Å². The number of carbonyl (C=O) groups excluding carboxylic acids is 1. The molecule has 1 N–H and O–H groups in total. The molecule has 0 spiro atoms. The Hall–Kier alpha value is -3.59. The molecule has 0 saturated carbocycles. The summed E-state index contributed by atoms with van der Waals surface area (Å²) in [6.45, 7) is 0. The van der Waals surface area contributed by atoms with Gasteiger partial charge in [0.1, 0.15) is 5.82 Å². The lowest BCUT2D eigenvalue weighted by Crippen LogP contribution is -2.15. The first-order valence-electron chi connectivity index (χ1n) is 8.67. The van der Waals surface area contributed by atoms with Gasteiger partial charge in [-0.05, 0) is 36.4 Å². The Kier molecular flexibility index (Phi) is 5.57. The van der Waals surface area contributed by atoms with Crippen molar-refractivity contribution >= 4 is 23.4 Å². The van der Waals surface area contributed by atoms with Gasteiger partial charge < -0.3 is 5.32 Å². The molecular weight excluding hydrogens is 391 g/mol. The van der Waals surface area contributed by atoms with E-state index in [9.17, 15) is 9.18 Å². The molecule has 1 amide bonds. The summed E-state index contributed by atoms with van der Waals surface area (Å²) in [4.78, 5) is 21.2. The molecule has 7 nitrogen and oxygen atoms in total. The maximum Gasteiger partial charge on any atom is 0.278 e. The third-order valence-corrected chi connectivity index (χ3v) is 4.83. The van der Waals surface area contributed by atoms with E-state index in [1.54, 1.807) is 29.2 Å². The molecule has 4 rings (SSSR count). The summed E-state index contributed by atoms with van der Waals surface area (Å²) in [6, 6.07) is 16.8. The Morgan fingerprint density at radius 2 is 1.83 bits per heavy atom. The van der Waals surface area contributed by atoms with Gasteiger partial charge in [0, 0.05) is 23.8 Å². The second kappa shape index (κ2) is 8.61. The quantitative estimate of drug-likeness (QED) is 0.388. The van der Waals surface area contributed by atoms with E-state index in [4.69, 9.17) is 0 Å². The molecule has 0 aliphatic rings. The number of para-hydroxylation sites is 1. The van der Waals surface area contributed by atoms with Crippen LogP contribution in [0, 0.1) is 5.82 Å². The summed E-state index contributed by atoms with van der Waals surface area (Å²) in [5, 5.41) is 11.5. The molecule has 4 aromatic rings. The number of amides is 1. The highest BCUT2D eigenvalue weighted by molar-refractivity contribution is 7.98. The molecule has 0 atom stereocenters. The third-order valence-electron chi connectivity index (χ3n) is 3.94. The molecule has 2 aromatic heterocycles. The van der Waals surface area contributed by atoms with Gasteiger partial charge in [-0.1, -0.05) is 41.2 Å². The van der Waals surface area contributed by atoms with Gasteiger partial charge in [-0.25, -0.2) is 19.0 Å². The van der Waals surface area contributed by atoms with Crippen molar-refractivity contribution in [3.8, 4) is 5.69 Å². The lowest BCUT2D eigenvalue weighted by Gasteiger charge is -2.08. The van der Waals surface area contributed by atoms with Gasteiger partial charge in [-0.2, -0.15) is 0 Å². The van der Waals surface area contributed by atoms with Crippen LogP contribution in [0.25, 0.3) is 5.69 Å². The Morgan fingerprint density at radius 3 is 2.59 bits per heavy atom. The standard InChI is InChI=1S/C20H15FN6OS/c21-14-6-4-7-15(12-14)24-19(28)18-17(13-29-20-22-10-5-11-23-20)27(26-25-18)16-8-2-1-3-9-16/h1-12H,13H2,(H,24,28). The molecule has 2 heterocycles. The van der Waals surface area contributed by atoms with Gasteiger partial charge in [-0.3, -0.25) is 4.79 Å². The summed E-state index contributed by atoms with van der Waals surface area (Å²) in [7, 11) is 0. The van der Waals surface area contributed by atoms with Crippen LogP contribution in [-0.4, -0.2) is 30.9 Å². The second-order valence-electron chi connectivity index (χ2n) is 5.92. The topological polar surface area (TPSA) is 85.6 Å². The summed E-state index contributed by atoms with van der Waals surface area (Å²) in [6.07, 6.45) is 3.30. The monoisotopic (exact) mass is 406 g/mol. The number of hydrogen-bond donors (Lipinski definition) is 1. The highest BCUT2D eigenvalue weighted by Crippen LogP contribution is 2.23. The molecule has 0 aliphatic carbocycles. The molecule has 0 bridgehead atoms. The van der Waals surface area contributed by atoms with Crippen molar-refractivity contribution < 1.29 is 9.18 Å². The zero-order chi connectivity index (χ0) is 20.1. The molecule has 0 fully saturated rings. The minimum atomic E-state index is -0.470. The molecule has 0 saturated heterocycles. The van der Waals surface area contributed by atoms with Crippen LogP contribution >= 0.6 is 11.8 Å². The molecule has 9 heteroatoms. The number of aromatic nitrogens is 5. The fraction of sp³-hybridized carbons (Fsp3) is 0.0500. The first-order chi connectivity index (χ1) is 14.2. The van der Waals surface area contributed by atoms with E-state index in [2.05, 4.69) is 25.6 Å². The minimum Gasteiger partial charge on any atom is -0.320 e. The Balaban J connectivity index is 1.65. The molecule has 2 aromatic carbocycles. The number of nitrogens with zero attached hydrogens (tertiary/aromatic N) is 5. The van der Waals surface area contributed by atoms with Crippen molar-refractivity contribution in [2.45, 2.75) is 10.9 Å². The summed E-state index contributed by atoms with van der Waals surface area (Å²) in [5.41, 5.74) is 1.85. The number of carbonyl (C=O) groups is 1. The summed E-state index contributed by atoms with van der Waals surface area (Å²) in [5.74, 6) is -0.534. The van der Waals surface area contributed by atoms with Gasteiger partial charge in [0.05, 0.1) is 11.4 Å². The lowest BCUT2D eigenvalue weighted by atomic mass is 10.2. The maximum absolute atomic E-state index is 13.4. The zero-order valence-corrected chi connectivity index (χ0v) is 15.9. The fourth-order valence-electron chi connectivity index (χ4n) is 2.63. The highest BCUT2D eigenvalue weighted by Gasteiger charge is 2.21. The predicted molar refractivity (Wildman–Crippen MR) is 107 cm³/mol. The minimum absolute atomic E-state index is 0.154. The smallest absolute Gasteiger partial charge is 0.278 e. The number of rotatable bonds is 6. The van der Waals surface area contributed by atoms with Gasteiger partial charge in [0.15, 0.2) is 10.9 Å². The summed E-state index contributed by atoms with van der Waals surface area (Å²) < 4.78 is 15.0. The van der Waals surface area contributed by atoms with Gasteiger partial charge in [-0.15, -0.1) is 5.10 Å². The van der Waals surface area contributed by atoms with Crippen molar-refractivity contribution in [1.82, 2.24) is 25.0 Å². The van der Waals surface area contributed by atoms with Crippen LogP contribution in [0.1, 0.15) is 16.2 Å². The van der Waals surface area contributed by atoms with E-state index < -0.39 is 11.7 Å². The largest absolute Gasteiger partial charge is 0.320 e. The van der Waals surface area contributed by atoms with Gasteiger partial charge in [0.25, 0.3) is 5.91 Å². The normalized spacial score (nSPS) is 10.7. The molecule has 144 valence electrons. The van der Waals surface area contributed by atoms with E-state index in [-0.39, 0.29) is 5.69 Å². The number of halogens is 1. The molecular formula is C20H15FN6OS. The van der Waals surface area contributed by atoms with Crippen molar-refractivity contribution in [2.24, 2.45) is 0 Å². The van der Waals surface area contributed by atoms with Crippen LogP contribution in [0.2, 0.25) is 0 Å². The van der Waals surface area contributed by atoms with E-state index in [1.165, 1.54) is 30.0 Å². The Labute approximate surface area is 170 Å². The average Bonchev–Trinajstić information content (AvgIpc) is 3.18. The van der Waals surface area contributed by atoms with Crippen molar-refractivity contribution in [3.63, 3.8) is 0 Å². The molecule has 0 aliphatic heterocycles. The molecule has 0 radical (unpaired) electrons. The molecule has 29 heavy (non-hydrogen) atoms. The van der Waals surface area contributed by atoms with Crippen molar-refractivity contribution in [1.29, 1.82) is 0 Å². The zero-order valence-electron chi connectivity index (χ0n) is 15.1. The first kappa shape index (κ1) is 18.8. The maximum atomic E-state index is 13.4. The number of thioether (sulfide) groups is 1. The number of hydrogen-bond acceptors (Lipinski definition) is 6. The van der Waals surface area contributed by atoms with E-state index in [0.717, 1.165) is 5.69 Å². The lowest BCUT2D eigenvalue weighted by molar-refractivity contribution is 0.102. The van der Waals surface area contributed by atoms with Crippen molar-refractivity contribution in [2.75, 3.05) is 5.32 Å². The third kappa shape index (κ3) is 4.46. The fourth-order valence-corrected chi connectivity index (χ4v) is 3.43. The van der Waals surface area contributed by atoms with E-state index in [1.807, 2.05) is 30.3 Å². The summed E-state index contributed by atoms with van der Waals surface area (Å²) >= 11 is 1.36. The van der Waals surface area contributed by atoms with Crippen LogP contribution in [-0.2, 0) is 5.75 Å². The van der Waals surface area contributed by atoms with E-state index >= 15 is 0 Å². The SMILES string of the molecule is O=C(Nc1cccc(F)c1)c1nnn(-c2ccccc2)c1CSc1ncccn1. The van der Waals surface area contributed by atoms with Crippen LogP contribution in [0.15, 0.2) is 78.2 Å². The van der Waals surface area contributed by atoms with Crippen LogP contribution in [0.3, 0.4) is 0 Å². The Bertz CT molecular complexity index is 1120. The average molecular weight is 406 g/mol. The predicted octanol–water partition coefficient (Wildman–Crippen LogP) is 3.74. The Morgan fingerprint density at radius 1 is 1.03 bits per heavy atom. The van der Waals surface area contributed by atoms with E-state index in [0.29, 0.717) is 22.3 Å². The first-order valence-corrected chi connectivity index (χ1v) is 9.66. The number of anilines is 1. The number of nitrogens with one attached hydrogen (secondary N) is 1. The molecule has 0 unspecified atom stereocenters. The number of benzene rings is 2. The van der Waals surface area contributed by atoms with Crippen LogP contribution < -0.4 is 5.32 Å². The van der Waals surface area contributed by atoms with Crippen LogP contribution in [0.5, 0.6) is 0 Å².